The van der Waals surface area contributed by atoms with Crippen molar-refractivity contribution in [2.75, 3.05) is 23.8 Å². The van der Waals surface area contributed by atoms with Crippen LogP contribution in [0.25, 0.3) is 0 Å². The fourth-order valence-electron chi connectivity index (χ4n) is 7.22. The van der Waals surface area contributed by atoms with E-state index in [0.717, 1.165) is 50.1 Å². The van der Waals surface area contributed by atoms with E-state index in [0.29, 0.717) is 11.8 Å². The monoisotopic (exact) mass is 461 g/mol. The van der Waals surface area contributed by atoms with Gasteiger partial charge in [-0.25, -0.2) is 0 Å². The van der Waals surface area contributed by atoms with Crippen LogP contribution in [0.15, 0.2) is 42.5 Å². The summed E-state index contributed by atoms with van der Waals surface area (Å²) in [5.74, 6) is 1.74. The van der Waals surface area contributed by atoms with Crippen molar-refractivity contribution in [1.82, 2.24) is 4.90 Å². The number of fused-ring (bicyclic) bond motifs is 5. The van der Waals surface area contributed by atoms with Gasteiger partial charge in [0.2, 0.25) is 5.91 Å². The Kier molecular flexibility index (Phi) is 5.25. The summed E-state index contributed by atoms with van der Waals surface area (Å²) in [6, 6.07) is 14.8. The average molecular weight is 462 g/mol. The Morgan fingerprint density at radius 3 is 2.65 bits per heavy atom. The van der Waals surface area contributed by atoms with Gasteiger partial charge >= 0.3 is 0 Å². The van der Waals surface area contributed by atoms with Crippen LogP contribution in [-0.2, 0) is 11.2 Å². The van der Waals surface area contributed by atoms with Crippen molar-refractivity contribution in [2.24, 2.45) is 11.3 Å². The highest BCUT2D eigenvalue weighted by molar-refractivity contribution is 5.75. The number of piperidine rings is 1. The van der Waals surface area contributed by atoms with Crippen LogP contribution >= 0.6 is 0 Å². The van der Waals surface area contributed by atoms with Crippen LogP contribution in [0.1, 0.15) is 56.6 Å². The fraction of sp³-hybridized carbons (Fsp3) is 0.536. The van der Waals surface area contributed by atoms with Crippen molar-refractivity contribution >= 4 is 17.3 Å². The quantitative estimate of drug-likeness (QED) is 0.634. The van der Waals surface area contributed by atoms with E-state index in [1.54, 1.807) is 6.92 Å². The van der Waals surface area contributed by atoms with Crippen molar-refractivity contribution in [3.8, 4) is 5.75 Å². The molecule has 6 nitrogen and oxygen atoms in total. The van der Waals surface area contributed by atoms with Crippen LogP contribution in [0.5, 0.6) is 5.75 Å². The normalized spacial score (nSPS) is 33.4. The number of aryl methyl sites for hydroxylation is 1. The number of hydrogen-bond donors (Lipinski definition) is 3. The summed E-state index contributed by atoms with van der Waals surface area (Å²) in [7, 11) is 0. The maximum Gasteiger partial charge on any atom is 0.219 e. The number of amides is 1. The Morgan fingerprint density at radius 1 is 1.15 bits per heavy atom. The highest BCUT2D eigenvalue weighted by Crippen LogP contribution is 2.59. The van der Waals surface area contributed by atoms with Crippen LogP contribution in [0.3, 0.4) is 0 Å². The molecule has 180 valence electrons. The number of nitrogens with zero attached hydrogens (tertiary/aromatic N) is 1. The van der Waals surface area contributed by atoms with Gasteiger partial charge in [0.05, 0.1) is 24.4 Å². The number of hydrogen-bond acceptors (Lipinski definition) is 5. The first kappa shape index (κ1) is 21.8. The standard InChI is InChI=1S/C28H35N3O3/c1-3-18-8-9-20-22(14-18)29-26-23(15-32)31(17(2)33)16-28(25(20)26)12-10-19(11-13-28)27-30-21-6-4-5-7-24(21)34-27/h4-9,14,19,23,25-27,29-30,32H,3,10-13,15-16H2,1-2H3. The van der Waals surface area contributed by atoms with E-state index < -0.39 is 0 Å². The lowest BCUT2D eigenvalue weighted by Crippen LogP contribution is -2.63. The zero-order chi connectivity index (χ0) is 23.4. The minimum atomic E-state index is -0.197. The Hall–Kier alpha value is -2.73. The van der Waals surface area contributed by atoms with Gasteiger partial charge in [-0.15, -0.1) is 0 Å². The molecule has 6 rings (SSSR count). The number of anilines is 2. The van der Waals surface area contributed by atoms with E-state index in [1.807, 2.05) is 23.1 Å². The molecule has 1 spiro atoms. The molecule has 4 unspecified atom stereocenters. The van der Waals surface area contributed by atoms with E-state index >= 15 is 0 Å². The maximum atomic E-state index is 12.7. The molecule has 0 bridgehead atoms. The lowest BCUT2D eigenvalue weighted by molar-refractivity contribution is -0.140. The summed E-state index contributed by atoms with van der Waals surface area (Å²) in [4.78, 5) is 14.7. The molecular formula is C28H35N3O3. The van der Waals surface area contributed by atoms with Crippen LogP contribution in [0.2, 0.25) is 0 Å². The number of carbonyl (C=O) groups excluding carboxylic acids is 1. The van der Waals surface area contributed by atoms with Gasteiger partial charge in [-0.3, -0.25) is 4.79 Å². The van der Waals surface area contributed by atoms with Crippen molar-refractivity contribution < 1.29 is 14.6 Å². The Morgan fingerprint density at radius 2 is 1.94 bits per heavy atom. The van der Waals surface area contributed by atoms with E-state index in [9.17, 15) is 9.90 Å². The highest BCUT2D eigenvalue weighted by Gasteiger charge is 2.57. The summed E-state index contributed by atoms with van der Waals surface area (Å²) in [5, 5.41) is 17.7. The molecule has 0 radical (unpaired) electrons. The molecule has 2 aromatic carbocycles. The summed E-state index contributed by atoms with van der Waals surface area (Å²) in [6.45, 7) is 4.53. The lowest BCUT2D eigenvalue weighted by atomic mass is 9.57. The Bertz CT molecular complexity index is 1070. The smallest absolute Gasteiger partial charge is 0.219 e. The number of ether oxygens (including phenoxy) is 1. The fourth-order valence-corrected chi connectivity index (χ4v) is 7.22. The molecule has 4 aliphatic rings. The number of aliphatic hydroxyl groups excluding tert-OH is 1. The first-order valence-corrected chi connectivity index (χ1v) is 12.8. The van der Waals surface area contributed by atoms with Crippen molar-refractivity contribution in [2.45, 2.75) is 70.2 Å². The zero-order valence-corrected chi connectivity index (χ0v) is 20.1. The van der Waals surface area contributed by atoms with Gasteiger partial charge < -0.3 is 25.4 Å². The topological polar surface area (TPSA) is 73.8 Å². The summed E-state index contributed by atoms with van der Waals surface area (Å²) in [6.07, 6.45) is 5.24. The second kappa shape index (κ2) is 8.19. The van der Waals surface area contributed by atoms with Crippen molar-refractivity contribution in [3.05, 3.63) is 53.6 Å². The van der Waals surface area contributed by atoms with Crippen molar-refractivity contribution in [3.63, 3.8) is 0 Å². The van der Waals surface area contributed by atoms with Crippen LogP contribution in [0, 0.1) is 11.3 Å². The average Bonchev–Trinajstić information content (AvgIpc) is 3.46. The van der Waals surface area contributed by atoms with E-state index in [-0.39, 0.29) is 36.2 Å². The molecule has 1 amide bonds. The molecule has 6 heteroatoms. The molecule has 3 N–H and O–H groups in total. The molecule has 1 saturated carbocycles. The van der Waals surface area contributed by atoms with Gasteiger partial charge in [-0.2, -0.15) is 0 Å². The molecule has 4 atom stereocenters. The second-order valence-corrected chi connectivity index (χ2v) is 10.7. The second-order valence-electron chi connectivity index (χ2n) is 10.7. The number of likely N-dealkylation sites (tertiary alicyclic amines) is 1. The number of carbonyl (C=O) groups is 1. The third-order valence-electron chi connectivity index (χ3n) is 8.99. The number of para-hydroxylation sites is 2. The van der Waals surface area contributed by atoms with E-state index in [4.69, 9.17) is 4.74 Å². The number of aliphatic hydroxyl groups is 1. The van der Waals surface area contributed by atoms with E-state index in [2.05, 4.69) is 41.8 Å². The molecule has 1 aliphatic carbocycles. The molecule has 3 heterocycles. The minimum Gasteiger partial charge on any atom is -0.468 e. The predicted molar refractivity (Wildman–Crippen MR) is 133 cm³/mol. The molecule has 0 aromatic heterocycles. The molecule has 3 aliphatic heterocycles. The number of nitrogens with one attached hydrogen (secondary N) is 2. The number of benzene rings is 2. The molecule has 2 fully saturated rings. The largest absolute Gasteiger partial charge is 0.468 e. The third-order valence-corrected chi connectivity index (χ3v) is 8.99. The van der Waals surface area contributed by atoms with Crippen molar-refractivity contribution in [1.29, 1.82) is 0 Å². The lowest BCUT2D eigenvalue weighted by Gasteiger charge is -2.56. The molecular weight excluding hydrogens is 426 g/mol. The van der Waals surface area contributed by atoms with Crippen LogP contribution < -0.4 is 15.4 Å². The van der Waals surface area contributed by atoms with Gasteiger partial charge in [0.1, 0.15) is 5.75 Å². The van der Waals surface area contributed by atoms with E-state index in [1.165, 1.54) is 16.8 Å². The Balaban J connectivity index is 1.29. The summed E-state index contributed by atoms with van der Waals surface area (Å²) < 4.78 is 6.26. The third kappa shape index (κ3) is 3.29. The van der Waals surface area contributed by atoms with Gasteiger partial charge in [0.25, 0.3) is 0 Å². The summed E-state index contributed by atoms with van der Waals surface area (Å²) in [5.41, 5.74) is 4.96. The molecule has 34 heavy (non-hydrogen) atoms. The van der Waals surface area contributed by atoms with Gasteiger partial charge in [0.15, 0.2) is 6.23 Å². The van der Waals surface area contributed by atoms with Gasteiger partial charge in [-0.1, -0.05) is 31.2 Å². The van der Waals surface area contributed by atoms with Gasteiger partial charge in [-0.05, 0) is 66.8 Å². The molecule has 1 saturated heterocycles. The zero-order valence-electron chi connectivity index (χ0n) is 20.1. The summed E-state index contributed by atoms with van der Waals surface area (Å²) >= 11 is 0. The predicted octanol–water partition coefficient (Wildman–Crippen LogP) is 4.36. The van der Waals surface area contributed by atoms with Crippen LogP contribution in [0.4, 0.5) is 11.4 Å². The highest BCUT2D eigenvalue weighted by atomic mass is 16.5. The number of rotatable bonds is 3. The van der Waals surface area contributed by atoms with Gasteiger partial charge in [0, 0.05) is 31.0 Å². The molecule has 2 aromatic rings. The first-order valence-electron chi connectivity index (χ1n) is 12.8. The minimum absolute atomic E-state index is 0.00986. The first-order chi connectivity index (χ1) is 16.5. The Labute approximate surface area is 201 Å². The SMILES string of the molecule is CCc1ccc2c(c1)NC1C(CO)N(C(C)=O)CC3(CCC(C4Nc5ccccc5O4)CC3)C21. The van der Waals surface area contributed by atoms with Crippen LogP contribution in [-0.4, -0.2) is 47.4 Å². The maximum absolute atomic E-state index is 12.7.